The van der Waals surface area contributed by atoms with Gasteiger partial charge in [0.25, 0.3) is 0 Å². The van der Waals surface area contributed by atoms with Gasteiger partial charge in [0, 0.05) is 6.42 Å². The van der Waals surface area contributed by atoms with Crippen molar-refractivity contribution < 1.29 is 19.7 Å². The first kappa shape index (κ1) is 22.8. The maximum Gasteiger partial charge on any atom is 0.338 e. The Bertz CT molecular complexity index is 791. The third-order valence-electron chi connectivity index (χ3n) is 8.89. The van der Waals surface area contributed by atoms with E-state index in [-0.39, 0.29) is 17.6 Å². The number of hydrogen-bond donors (Lipinski definition) is 2. The van der Waals surface area contributed by atoms with E-state index in [9.17, 15) is 15.0 Å². The summed E-state index contributed by atoms with van der Waals surface area (Å²) in [7, 11) is 0. The van der Waals surface area contributed by atoms with Gasteiger partial charge in [0.15, 0.2) is 5.60 Å². The smallest absolute Gasteiger partial charge is 0.338 e. The van der Waals surface area contributed by atoms with Gasteiger partial charge >= 0.3 is 5.97 Å². The van der Waals surface area contributed by atoms with E-state index < -0.39 is 11.6 Å². The van der Waals surface area contributed by atoms with Crippen LogP contribution in [0.25, 0.3) is 0 Å². The van der Waals surface area contributed by atoms with Crippen LogP contribution in [-0.4, -0.2) is 34.0 Å². The highest BCUT2D eigenvalue weighted by Gasteiger charge is 2.52. The largest absolute Gasteiger partial charge is 0.460 e. The molecule has 0 spiro atoms. The number of aliphatic hydroxyl groups is 2. The minimum atomic E-state index is -1.32. The van der Waals surface area contributed by atoms with Gasteiger partial charge in [0.1, 0.15) is 6.10 Å². The van der Waals surface area contributed by atoms with Gasteiger partial charge in [-0.15, -0.1) is 0 Å². The van der Waals surface area contributed by atoms with Crippen LogP contribution < -0.4 is 0 Å². The maximum absolute atomic E-state index is 11.9. The molecule has 0 bridgehead atoms. The molecule has 4 heteroatoms. The van der Waals surface area contributed by atoms with Crippen molar-refractivity contribution in [3.05, 3.63) is 35.5 Å². The standard InChI is InChI=1S/C27H40O4/c1-17-7-10-21(28)15-20(17)9-8-19-6-5-13-26(3)23(11-12-24(19)26)18(2)14-22-16-27(4,30)25(29)31-22/h8-9,18,21-24,28,30H,1,5-7,10-16H2,2-4H3/b19-8?,20-9-/t18-,21+,22?,23-,24?,26-,27?/m1/s1. The molecular formula is C27H40O4. The van der Waals surface area contributed by atoms with Gasteiger partial charge in [-0.1, -0.05) is 43.7 Å². The Labute approximate surface area is 187 Å². The van der Waals surface area contributed by atoms with E-state index in [1.54, 1.807) is 12.5 Å². The molecule has 3 unspecified atom stereocenters. The zero-order chi connectivity index (χ0) is 22.4. The third kappa shape index (κ3) is 4.43. The van der Waals surface area contributed by atoms with Crippen LogP contribution in [0.1, 0.15) is 85.0 Å². The van der Waals surface area contributed by atoms with Gasteiger partial charge < -0.3 is 14.9 Å². The topological polar surface area (TPSA) is 66.8 Å². The Morgan fingerprint density at radius 1 is 1.23 bits per heavy atom. The van der Waals surface area contributed by atoms with Crippen molar-refractivity contribution in [2.24, 2.45) is 23.2 Å². The average molecular weight is 429 g/mol. The highest BCUT2D eigenvalue weighted by atomic mass is 16.6. The second kappa shape index (κ2) is 8.51. The van der Waals surface area contributed by atoms with Gasteiger partial charge in [-0.2, -0.15) is 0 Å². The molecule has 0 aromatic heterocycles. The summed E-state index contributed by atoms with van der Waals surface area (Å²) in [6, 6.07) is 0. The number of cyclic esters (lactones) is 1. The van der Waals surface area contributed by atoms with E-state index >= 15 is 0 Å². The second-order valence-electron chi connectivity index (χ2n) is 11.2. The Hall–Kier alpha value is -1.39. The lowest BCUT2D eigenvalue weighted by Crippen LogP contribution is -2.36. The fourth-order valence-corrected chi connectivity index (χ4v) is 7.17. The summed E-state index contributed by atoms with van der Waals surface area (Å²) in [6.45, 7) is 10.6. The monoisotopic (exact) mass is 428 g/mol. The van der Waals surface area contributed by atoms with Crippen molar-refractivity contribution in [2.75, 3.05) is 0 Å². The molecule has 1 aliphatic heterocycles. The molecule has 4 fully saturated rings. The van der Waals surface area contributed by atoms with Crippen LogP contribution in [0, 0.1) is 23.2 Å². The lowest BCUT2D eigenvalue weighted by atomic mass is 9.60. The first-order valence-corrected chi connectivity index (χ1v) is 12.3. The molecule has 4 rings (SSSR count). The van der Waals surface area contributed by atoms with Crippen molar-refractivity contribution in [3.63, 3.8) is 0 Å². The van der Waals surface area contributed by atoms with Gasteiger partial charge in [-0.3, -0.25) is 0 Å². The first-order chi connectivity index (χ1) is 14.6. The predicted molar refractivity (Wildman–Crippen MR) is 122 cm³/mol. The van der Waals surface area contributed by atoms with Crippen molar-refractivity contribution in [2.45, 2.75) is 103 Å². The molecular weight excluding hydrogens is 388 g/mol. The van der Waals surface area contributed by atoms with Crippen LogP contribution in [0.2, 0.25) is 0 Å². The number of ether oxygens (including phenoxy) is 1. The molecule has 0 radical (unpaired) electrons. The van der Waals surface area contributed by atoms with E-state index in [2.05, 4.69) is 32.6 Å². The summed E-state index contributed by atoms with van der Waals surface area (Å²) < 4.78 is 5.48. The molecule has 4 nitrogen and oxygen atoms in total. The zero-order valence-electron chi connectivity index (χ0n) is 19.5. The van der Waals surface area contributed by atoms with E-state index in [0.717, 1.165) is 25.7 Å². The fourth-order valence-electron chi connectivity index (χ4n) is 7.17. The molecule has 1 heterocycles. The van der Waals surface area contributed by atoms with Crippen LogP contribution in [0.4, 0.5) is 0 Å². The van der Waals surface area contributed by atoms with E-state index in [0.29, 0.717) is 24.2 Å². The predicted octanol–water partition coefficient (Wildman–Crippen LogP) is 5.25. The van der Waals surface area contributed by atoms with E-state index in [1.807, 2.05) is 0 Å². The van der Waals surface area contributed by atoms with Crippen molar-refractivity contribution in [1.29, 1.82) is 0 Å². The molecule has 3 aliphatic carbocycles. The Balaban J connectivity index is 1.46. The molecule has 0 aromatic carbocycles. The van der Waals surface area contributed by atoms with Gasteiger partial charge in [-0.05, 0) is 93.5 Å². The van der Waals surface area contributed by atoms with Gasteiger partial charge in [0.2, 0.25) is 0 Å². The third-order valence-corrected chi connectivity index (χ3v) is 8.89. The number of aliphatic hydroxyl groups excluding tert-OH is 1. The molecule has 0 amide bonds. The quantitative estimate of drug-likeness (QED) is 0.600. The van der Waals surface area contributed by atoms with Crippen LogP contribution in [0.15, 0.2) is 35.5 Å². The highest BCUT2D eigenvalue weighted by Crippen LogP contribution is 2.60. The molecule has 7 atom stereocenters. The molecule has 172 valence electrons. The van der Waals surface area contributed by atoms with E-state index in [1.165, 1.54) is 43.3 Å². The van der Waals surface area contributed by atoms with Crippen LogP contribution in [0.3, 0.4) is 0 Å². The molecule has 3 saturated carbocycles. The SMILES string of the molecule is C=C1CC[C@H](O)C/C1=C/C=C1CCC[C@@]2(C)C1CC[C@@H]2[C@H](C)CC1CC(C)(O)C(=O)O1. The van der Waals surface area contributed by atoms with Crippen LogP contribution in [-0.2, 0) is 9.53 Å². The highest BCUT2D eigenvalue weighted by molar-refractivity contribution is 5.80. The molecule has 31 heavy (non-hydrogen) atoms. The minimum absolute atomic E-state index is 0.160. The number of esters is 1. The lowest BCUT2D eigenvalue weighted by Gasteiger charge is -2.44. The Kier molecular flexibility index (Phi) is 6.26. The second-order valence-corrected chi connectivity index (χ2v) is 11.2. The number of carbonyl (C=O) groups is 1. The number of carbonyl (C=O) groups excluding carboxylic acids is 1. The van der Waals surface area contributed by atoms with Crippen molar-refractivity contribution in [3.8, 4) is 0 Å². The Morgan fingerprint density at radius 2 is 2.00 bits per heavy atom. The normalized spacial score (nSPS) is 44.5. The minimum Gasteiger partial charge on any atom is -0.460 e. The van der Waals surface area contributed by atoms with Gasteiger partial charge in [-0.25, -0.2) is 4.79 Å². The zero-order valence-corrected chi connectivity index (χ0v) is 19.5. The van der Waals surface area contributed by atoms with Gasteiger partial charge in [0.05, 0.1) is 6.10 Å². The molecule has 4 aliphatic rings. The van der Waals surface area contributed by atoms with Crippen LogP contribution >= 0.6 is 0 Å². The first-order valence-electron chi connectivity index (χ1n) is 12.3. The van der Waals surface area contributed by atoms with Crippen LogP contribution in [0.5, 0.6) is 0 Å². The average Bonchev–Trinajstić information content (AvgIpc) is 3.17. The number of rotatable bonds is 4. The Morgan fingerprint density at radius 3 is 2.71 bits per heavy atom. The van der Waals surface area contributed by atoms with Crippen molar-refractivity contribution >= 4 is 5.97 Å². The number of fused-ring (bicyclic) bond motifs is 1. The summed E-state index contributed by atoms with van der Waals surface area (Å²) >= 11 is 0. The summed E-state index contributed by atoms with van der Waals surface area (Å²) in [5, 5.41) is 20.2. The lowest BCUT2D eigenvalue weighted by molar-refractivity contribution is -0.154. The number of hydrogen-bond acceptors (Lipinski definition) is 4. The molecule has 0 aromatic rings. The maximum atomic E-state index is 11.9. The molecule has 2 N–H and O–H groups in total. The fraction of sp³-hybridized carbons (Fsp3) is 0.741. The van der Waals surface area contributed by atoms with E-state index in [4.69, 9.17) is 4.74 Å². The van der Waals surface area contributed by atoms with Crippen molar-refractivity contribution in [1.82, 2.24) is 0 Å². The summed E-state index contributed by atoms with van der Waals surface area (Å²) in [6.07, 6.45) is 14.0. The number of allylic oxidation sites excluding steroid dienone is 4. The molecule has 1 saturated heterocycles. The summed E-state index contributed by atoms with van der Waals surface area (Å²) in [4.78, 5) is 11.9. The summed E-state index contributed by atoms with van der Waals surface area (Å²) in [5.74, 6) is 1.23. The summed E-state index contributed by atoms with van der Waals surface area (Å²) in [5.41, 5.74) is 2.93.